The minimum atomic E-state index is 0.165. The molecule has 0 aromatic heterocycles. The summed E-state index contributed by atoms with van der Waals surface area (Å²) < 4.78 is 5.17. The van der Waals surface area contributed by atoms with Gasteiger partial charge in [-0.1, -0.05) is 6.92 Å². The lowest BCUT2D eigenvalue weighted by atomic mass is 9.83. The van der Waals surface area contributed by atoms with Gasteiger partial charge in [0.15, 0.2) is 0 Å². The van der Waals surface area contributed by atoms with Crippen LogP contribution < -0.4 is 0 Å². The van der Waals surface area contributed by atoms with E-state index in [4.69, 9.17) is 4.74 Å². The van der Waals surface area contributed by atoms with Gasteiger partial charge in [-0.25, -0.2) is 0 Å². The summed E-state index contributed by atoms with van der Waals surface area (Å²) in [6, 6.07) is 0. The van der Waals surface area contributed by atoms with Crippen molar-refractivity contribution >= 4 is 5.91 Å². The number of amides is 1. The maximum absolute atomic E-state index is 11.2. The summed E-state index contributed by atoms with van der Waals surface area (Å²) in [5.74, 6) is 0.182. The van der Waals surface area contributed by atoms with E-state index in [1.54, 1.807) is 14.0 Å². The maximum atomic E-state index is 11.2. The zero-order valence-corrected chi connectivity index (χ0v) is 8.80. The van der Waals surface area contributed by atoms with Crippen LogP contribution in [0.25, 0.3) is 0 Å². The molecule has 1 saturated heterocycles. The van der Waals surface area contributed by atoms with Gasteiger partial charge in [-0.2, -0.15) is 0 Å². The van der Waals surface area contributed by atoms with Gasteiger partial charge in [0.05, 0.1) is 6.61 Å². The summed E-state index contributed by atoms with van der Waals surface area (Å²) in [6.07, 6.45) is 2.25. The maximum Gasteiger partial charge on any atom is 0.219 e. The van der Waals surface area contributed by atoms with Crippen molar-refractivity contribution in [1.82, 2.24) is 4.90 Å². The molecule has 1 rings (SSSR count). The summed E-state index contributed by atoms with van der Waals surface area (Å²) in [6.45, 7) is 6.33. The van der Waals surface area contributed by atoms with Crippen molar-refractivity contribution in [2.75, 3.05) is 26.8 Å². The fraction of sp³-hybridized carbons (Fsp3) is 0.900. The molecule has 1 atom stereocenters. The molecular formula is C10H19NO2. The van der Waals surface area contributed by atoms with E-state index in [0.717, 1.165) is 32.5 Å². The monoisotopic (exact) mass is 185 g/mol. The molecule has 0 radical (unpaired) electrons. The molecule has 1 aliphatic rings. The summed E-state index contributed by atoms with van der Waals surface area (Å²) in [5.41, 5.74) is 0.165. The average Bonchev–Trinajstić information content (AvgIpc) is 2.04. The van der Waals surface area contributed by atoms with Gasteiger partial charge in [0.2, 0.25) is 5.91 Å². The summed E-state index contributed by atoms with van der Waals surface area (Å²) >= 11 is 0. The smallest absolute Gasteiger partial charge is 0.219 e. The number of hydrogen-bond donors (Lipinski definition) is 0. The van der Waals surface area contributed by atoms with E-state index in [-0.39, 0.29) is 11.3 Å². The highest BCUT2D eigenvalue weighted by molar-refractivity contribution is 5.73. The van der Waals surface area contributed by atoms with Crippen LogP contribution in [0.2, 0.25) is 0 Å². The molecular weight excluding hydrogens is 166 g/mol. The topological polar surface area (TPSA) is 29.5 Å². The van der Waals surface area contributed by atoms with Crippen LogP contribution in [-0.4, -0.2) is 37.6 Å². The lowest BCUT2D eigenvalue weighted by Gasteiger charge is -2.39. The molecule has 0 spiro atoms. The Bertz CT molecular complexity index is 189. The Balaban J connectivity index is 2.54. The molecule has 0 aromatic rings. The molecule has 0 aromatic carbocycles. The van der Waals surface area contributed by atoms with E-state index in [0.29, 0.717) is 0 Å². The van der Waals surface area contributed by atoms with Crippen molar-refractivity contribution in [2.24, 2.45) is 5.41 Å². The van der Waals surface area contributed by atoms with Crippen molar-refractivity contribution < 1.29 is 9.53 Å². The van der Waals surface area contributed by atoms with Crippen LogP contribution in [-0.2, 0) is 9.53 Å². The zero-order valence-electron chi connectivity index (χ0n) is 8.80. The first kappa shape index (κ1) is 10.5. The highest BCUT2D eigenvalue weighted by Gasteiger charge is 2.31. The highest BCUT2D eigenvalue weighted by Crippen LogP contribution is 2.29. The molecule has 3 nitrogen and oxygen atoms in total. The second kappa shape index (κ2) is 4.09. The van der Waals surface area contributed by atoms with Crippen LogP contribution >= 0.6 is 0 Å². The van der Waals surface area contributed by atoms with Gasteiger partial charge in [-0.05, 0) is 12.8 Å². The van der Waals surface area contributed by atoms with Crippen molar-refractivity contribution in [3.05, 3.63) is 0 Å². The Hall–Kier alpha value is -0.570. The third-order valence-corrected chi connectivity index (χ3v) is 2.72. The summed E-state index contributed by atoms with van der Waals surface area (Å²) in [5, 5.41) is 0. The normalized spacial score (nSPS) is 29.0. The average molecular weight is 185 g/mol. The fourth-order valence-electron chi connectivity index (χ4n) is 2.05. The van der Waals surface area contributed by atoms with Gasteiger partial charge >= 0.3 is 0 Å². The second-order valence-electron chi connectivity index (χ2n) is 4.29. The van der Waals surface area contributed by atoms with Gasteiger partial charge < -0.3 is 9.64 Å². The van der Waals surface area contributed by atoms with E-state index >= 15 is 0 Å². The molecule has 3 heteroatoms. The lowest BCUT2D eigenvalue weighted by molar-refractivity contribution is -0.133. The lowest BCUT2D eigenvalue weighted by Crippen LogP contribution is -2.45. The molecule has 13 heavy (non-hydrogen) atoms. The molecule has 1 fully saturated rings. The largest absolute Gasteiger partial charge is 0.384 e. The van der Waals surface area contributed by atoms with Crippen LogP contribution in [0.15, 0.2) is 0 Å². The van der Waals surface area contributed by atoms with E-state index in [9.17, 15) is 4.79 Å². The molecule has 1 aliphatic heterocycles. The molecule has 0 bridgehead atoms. The Kier molecular flexibility index (Phi) is 3.31. The molecule has 0 N–H and O–H groups in total. The van der Waals surface area contributed by atoms with Crippen LogP contribution in [0, 0.1) is 5.41 Å². The number of piperidine rings is 1. The molecule has 0 aliphatic carbocycles. The van der Waals surface area contributed by atoms with E-state index in [2.05, 4.69) is 6.92 Å². The Morgan fingerprint density at radius 1 is 1.62 bits per heavy atom. The van der Waals surface area contributed by atoms with Gasteiger partial charge in [0.25, 0.3) is 0 Å². The number of rotatable bonds is 2. The predicted molar refractivity (Wildman–Crippen MR) is 51.5 cm³/mol. The van der Waals surface area contributed by atoms with Gasteiger partial charge in [-0.15, -0.1) is 0 Å². The third-order valence-electron chi connectivity index (χ3n) is 2.72. The Morgan fingerprint density at radius 2 is 2.31 bits per heavy atom. The number of hydrogen-bond acceptors (Lipinski definition) is 2. The van der Waals surface area contributed by atoms with Crippen molar-refractivity contribution in [1.29, 1.82) is 0 Å². The standard InChI is InChI=1S/C10H19NO2/c1-9(12)11-6-4-5-10(2,7-11)8-13-3/h4-8H2,1-3H3. The first-order valence-corrected chi connectivity index (χ1v) is 4.82. The molecule has 1 amide bonds. The third kappa shape index (κ3) is 2.69. The Labute approximate surface area is 80.1 Å². The van der Waals surface area contributed by atoms with Crippen molar-refractivity contribution in [3.8, 4) is 0 Å². The number of carbonyl (C=O) groups excluding carboxylic acids is 1. The first-order valence-electron chi connectivity index (χ1n) is 4.82. The number of methoxy groups -OCH3 is 1. The number of ether oxygens (including phenoxy) is 1. The summed E-state index contributed by atoms with van der Waals surface area (Å²) in [4.78, 5) is 13.1. The fourth-order valence-corrected chi connectivity index (χ4v) is 2.05. The SMILES string of the molecule is COCC1(C)CCCN(C(C)=O)C1. The second-order valence-corrected chi connectivity index (χ2v) is 4.29. The number of likely N-dealkylation sites (tertiary alicyclic amines) is 1. The van der Waals surface area contributed by atoms with E-state index in [1.807, 2.05) is 4.90 Å². The first-order chi connectivity index (χ1) is 6.07. The number of nitrogens with zero attached hydrogens (tertiary/aromatic N) is 1. The quantitative estimate of drug-likeness (QED) is 0.648. The van der Waals surface area contributed by atoms with Crippen LogP contribution in [0.3, 0.4) is 0 Å². The Morgan fingerprint density at radius 3 is 2.85 bits per heavy atom. The van der Waals surface area contributed by atoms with Gasteiger partial charge in [0, 0.05) is 32.5 Å². The van der Waals surface area contributed by atoms with Crippen LogP contribution in [0.1, 0.15) is 26.7 Å². The minimum Gasteiger partial charge on any atom is -0.384 e. The van der Waals surface area contributed by atoms with E-state index in [1.165, 1.54) is 0 Å². The predicted octanol–water partition coefficient (Wildman–Crippen LogP) is 1.28. The zero-order chi connectivity index (χ0) is 9.90. The molecule has 76 valence electrons. The van der Waals surface area contributed by atoms with Crippen LogP contribution in [0.4, 0.5) is 0 Å². The van der Waals surface area contributed by atoms with Crippen molar-refractivity contribution in [3.63, 3.8) is 0 Å². The van der Waals surface area contributed by atoms with Crippen LogP contribution in [0.5, 0.6) is 0 Å². The number of carbonyl (C=O) groups is 1. The van der Waals surface area contributed by atoms with Gasteiger partial charge in [0.1, 0.15) is 0 Å². The molecule has 1 unspecified atom stereocenters. The van der Waals surface area contributed by atoms with Crippen molar-refractivity contribution in [2.45, 2.75) is 26.7 Å². The molecule has 1 heterocycles. The van der Waals surface area contributed by atoms with E-state index < -0.39 is 0 Å². The minimum absolute atomic E-state index is 0.165. The van der Waals surface area contributed by atoms with Gasteiger partial charge in [-0.3, -0.25) is 4.79 Å². The highest BCUT2D eigenvalue weighted by atomic mass is 16.5. The summed E-state index contributed by atoms with van der Waals surface area (Å²) in [7, 11) is 1.72. The molecule has 0 saturated carbocycles.